The first-order valence-corrected chi connectivity index (χ1v) is 10.9. The van der Waals surface area contributed by atoms with Gasteiger partial charge < -0.3 is 23.8 Å². The van der Waals surface area contributed by atoms with Crippen LogP contribution in [0.25, 0.3) is 0 Å². The van der Waals surface area contributed by atoms with E-state index in [9.17, 15) is 9.59 Å². The van der Waals surface area contributed by atoms with Crippen LogP contribution in [0.2, 0.25) is 5.02 Å². The molecule has 8 nitrogen and oxygen atoms in total. The maximum Gasteiger partial charge on any atom is 0.292 e. The van der Waals surface area contributed by atoms with Crippen LogP contribution in [0.1, 0.15) is 29.8 Å². The molecule has 9 heteroatoms. The van der Waals surface area contributed by atoms with Gasteiger partial charge in [-0.2, -0.15) is 0 Å². The maximum atomic E-state index is 13.1. The van der Waals surface area contributed by atoms with Crippen LogP contribution in [0, 0.1) is 5.41 Å². The Morgan fingerprint density at radius 3 is 2.74 bits per heavy atom. The highest BCUT2D eigenvalue weighted by molar-refractivity contribution is 6.30. The summed E-state index contributed by atoms with van der Waals surface area (Å²) in [7, 11) is 0. The van der Waals surface area contributed by atoms with Gasteiger partial charge in [-0.05, 0) is 31.0 Å². The van der Waals surface area contributed by atoms with Crippen molar-refractivity contribution in [1.29, 1.82) is 0 Å². The summed E-state index contributed by atoms with van der Waals surface area (Å²) in [6, 6.07) is 8.75. The van der Waals surface area contributed by atoms with E-state index in [1.807, 2.05) is 17.0 Å². The van der Waals surface area contributed by atoms with Crippen LogP contribution in [0.15, 0.2) is 41.1 Å². The predicted molar refractivity (Wildman–Crippen MR) is 113 cm³/mol. The van der Waals surface area contributed by atoms with E-state index in [4.69, 9.17) is 25.6 Å². The van der Waals surface area contributed by atoms with Crippen LogP contribution >= 0.6 is 11.6 Å². The van der Waals surface area contributed by atoms with E-state index in [0.29, 0.717) is 63.2 Å². The fourth-order valence-corrected chi connectivity index (χ4v) is 4.40. The molecule has 2 saturated heterocycles. The molecule has 0 spiro atoms. The van der Waals surface area contributed by atoms with E-state index in [-0.39, 0.29) is 17.6 Å². The Labute approximate surface area is 186 Å². The number of nitrogens with zero attached hydrogens (tertiary/aromatic N) is 3. The Balaban J connectivity index is 1.52. The molecule has 4 rings (SSSR count). The number of rotatable bonds is 6. The largest absolute Gasteiger partial charge is 0.493 e. The number of benzene rings is 1. The number of morpholine rings is 1. The van der Waals surface area contributed by atoms with Gasteiger partial charge in [-0.15, -0.1) is 0 Å². The lowest BCUT2D eigenvalue weighted by Crippen LogP contribution is -2.52. The van der Waals surface area contributed by atoms with Gasteiger partial charge in [0.15, 0.2) is 0 Å². The molecule has 0 unspecified atom stereocenters. The van der Waals surface area contributed by atoms with Crippen LogP contribution in [-0.4, -0.2) is 72.8 Å². The first kappa shape index (κ1) is 21.6. The number of hydrogen-bond acceptors (Lipinski definition) is 6. The second-order valence-corrected chi connectivity index (χ2v) is 8.56. The van der Waals surface area contributed by atoms with Gasteiger partial charge in [0.25, 0.3) is 5.91 Å². The molecule has 1 aromatic heterocycles. The quantitative estimate of drug-likeness (QED) is 0.677. The summed E-state index contributed by atoms with van der Waals surface area (Å²) in [6.45, 7) is 3.59. The highest BCUT2D eigenvalue weighted by atomic mass is 35.5. The Morgan fingerprint density at radius 1 is 1.16 bits per heavy atom. The van der Waals surface area contributed by atoms with Crippen molar-refractivity contribution in [3.05, 3.63) is 47.3 Å². The van der Waals surface area contributed by atoms with Crippen molar-refractivity contribution in [3.8, 4) is 5.75 Å². The van der Waals surface area contributed by atoms with Crippen molar-refractivity contribution in [2.75, 3.05) is 46.0 Å². The Hall–Kier alpha value is -2.58. The number of aromatic nitrogens is 1. The number of halogens is 1. The van der Waals surface area contributed by atoms with Crippen molar-refractivity contribution in [1.82, 2.24) is 15.0 Å². The lowest BCUT2D eigenvalue weighted by molar-refractivity contribution is -0.139. The molecule has 3 heterocycles. The summed E-state index contributed by atoms with van der Waals surface area (Å²) in [4.78, 5) is 29.6. The summed E-state index contributed by atoms with van der Waals surface area (Å²) in [6.07, 6.45) is 3.31. The van der Waals surface area contributed by atoms with E-state index in [2.05, 4.69) is 5.16 Å². The van der Waals surface area contributed by atoms with E-state index in [0.717, 1.165) is 12.8 Å². The molecule has 0 saturated carbocycles. The molecule has 166 valence electrons. The average Bonchev–Trinajstić information content (AvgIpc) is 3.33. The predicted octanol–water partition coefficient (Wildman–Crippen LogP) is 2.88. The van der Waals surface area contributed by atoms with Gasteiger partial charge in [0, 0.05) is 49.1 Å². The second-order valence-electron chi connectivity index (χ2n) is 8.12. The minimum absolute atomic E-state index is 0.0620. The molecule has 0 N–H and O–H groups in total. The third kappa shape index (κ3) is 5.37. The minimum Gasteiger partial charge on any atom is -0.493 e. The van der Waals surface area contributed by atoms with Gasteiger partial charge in [-0.3, -0.25) is 9.59 Å². The highest BCUT2D eigenvalue weighted by Crippen LogP contribution is 2.36. The zero-order valence-corrected chi connectivity index (χ0v) is 18.1. The Kier molecular flexibility index (Phi) is 6.77. The molecule has 1 aromatic carbocycles. The number of likely N-dealkylation sites (tertiary alicyclic amines) is 1. The van der Waals surface area contributed by atoms with Crippen LogP contribution < -0.4 is 4.74 Å². The highest BCUT2D eigenvalue weighted by Gasteiger charge is 2.41. The minimum atomic E-state index is -0.508. The first-order chi connectivity index (χ1) is 15.0. The molecule has 0 bridgehead atoms. The number of ether oxygens (including phenoxy) is 2. The Morgan fingerprint density at radius 2 is 2.00 bits per heavy atom. The Bertz CT molecular complexity index is 900. The normalized spacial score (nSPS) is 21.7. The molecule has 31 heavy (non-hydrogen) atoms. The topological polar surface area (TPSA) is 85.1 Å². The molecule has 2 aliphatic heterocycles. The van der Waals surface area contributed by atoms with Crippen LogP contribution in [0.3, 0.4) is 0 Å². The average molecular weight is 448 g/mol. The monoisotopic (exact) mass is 447 g/mol. The molecule has 2 aliphatic rings. The van der Waals surface area contributed by atoms with Crippen LogP contribution in [0.5, 0.6) is 5.75 Å². The molecule has 0 aliphatic carbocycles. The molecule has 0 radical (unpaired) electrons. The zero-order valence-electron chi connectivity index (χ0n) is 17.3. The number of carbonyl (C=O) groups excluding carboxylic acids is 2. The first-order valence-electron chi connectivity index (χ1n) is 10.5. The van der Waals surface area contributed by atoms with Crippen molar-refractivity contribution >= 4 is 23.4 Å². The van der Waals surface area contributed by atoms with Gasteiger partial charge in [0.05, 0.1) is 26.0 Å². The van der Waals surface area contributed by atoms with Crippen molar-refractivity contribution in [2.24, 2.45) is 5.41 Å². The van der Waals surface area contributed by atoms with Crippen molar-refractivity contribution < 1.29 is 23.6 Å². The summed E-state index contributed by atoms with van der Waals surface area (Å²) >= 11 is 6.09. The third-order valence-electron chi connectivity index (χ3n) is 5.83. The lowest BCUT2D eigenvalue weighted by atomic mass is 9.77. The van der Waals surface area contributed by atoms with E-state index in [1.54, 1.807) is 23.1 Å². The molecule has 1 atom stereocenters. The molecular formula is C22H26ClN3O5. The molecular weight excluding hydrogens is 422 g/mol. The summed E-state index contributed by atoms with van der Waals surface area (Å²) in [5, 5.41) is 4.22. The number of hydrogen-bond donors (Lipinski definition) is 0. The van der Waals surface area contributed by atoms with E-state index >= 15 is 0 Å². The van der Waals surface area contributed by atoms with Crippen LogP contribution in [0.4, 0.5) is 0 Å². The fourth-order valence-electron chi connectivity index (χ4n) is 4.21. The summed E-state index contributed by atoms with van der Waals surface area (Å²) in [5.41, 5.74) is -0.508. The smallest absolute Gasteiger partial charge is 0.292 e. The molecule has 2 aromatic rings. The second kappa shape index (κ2) is 9.70. The molecule has 2 fully saturated rings. The van der Waals surface area contributed by atoms with Crippen molar-refractivity contribution in [2.45, 2.75) is 19.3 Å². The van der Waals surface area contributed by atoms with Gasteiger partial charge in [0.1, 0.15) is 5.75 Å². The number of carbonyl (C=O) groups is 2. The number of amides is 2. The van der Waals surface area contributed by atoms with Gasteiger partial charge >= 0.3 is 0 Å². The number of piperidine rings is 1. The van der Waals surface area contributed by atoms with Gasteiger partial charge in [-0.25, -0.2) is 0 Å². The lowest BCUT2D eigenvalue weighted by Gasteiger charge is -2.43. The molecule has 2 amide bonds. The fraction of sp³-hybridized carbons (Fsp3) is 0.500. The summed E-state index contributed by atoms with van der Waals surface area (Å²) in [5.74, 6) is 0.686. The van der Waals surface area contributed by atoms with Gasteiger partial charge in [-0.1, -0.05) is 22.8 Å². The maximum absolute atomic E-state index is 13.1. The van der Waals surface area contributed by atoms with Crippen LogP contribution in [-0.2, 0) is 9.53 Å². The standard InChI is InChI=1S/C22H26ClN3O5/c23-17-3-1-4-18(13-17)30-16-22(14-20(27)25-9-11-29-12-10-25)6-2-8-26(15-22)21(28)19-5-7-24-31-19/h1,3-5,7,13H,2,6,8-12,14-16H2/t22-/m1/s1. The zero-order chi connectivity index (χ0) is 21.7. The van der Waals surface area contributed by atoms with Crippen molar-refractivity contribution in [3.63, 3.8) is 0 Å². The van der Waals surface area contributed by atoms with E-state index in [1.165, 1.54) is 6.20 Å². The third-order valence-corrected chi connectivity index (χ3v) is 6.06. The SMILES string of the molecule is O=C(C[C@]1(COc2cccc(Cl)c2)CCCN(C(=O)c2ccno2)C1)N1CCOCC1. The van der Waals surface area contributed by atoms with Gasteiger partial charge in [0.2, 0.25) is 11.7 Å². The van der Waals surface area contributed by atoms with E-state index < -0.39 is 5.41 Å². The summed E-state index contributed by atoms with van der Waals surface area (Å²) < 4.78 is 16.5.